The highest BCUT2D eigenvalue weighted by molar-refractivity contribution is 7.99. The average Bonchev–Trinajstić information content (AvgIpc) is 3.30. The number of anilines is 1. The molecule has 0 atom stereocenters. The third-order valence-electron chi connectivity index (χ3n) is 5.81. The minimum absolute atomic E-state index is 0.0836. The molecule has 0 unspecified atom stereocenters. The van der Waals surface area contributed by atoms with Gasteiger partial charge in [0, 0.05) is 9.75 Å². The second-order valence-electron chi connectivity index (χ2n) is 7.88. The van der Waals surface area contributed by atoms with Gasteiger partial charge in [0.15, 0.2) is 5.16 Å². The molecule has 2 amide bonds. The van der Waals surface area contributed by atoms with Gasteiger partial charge < -0.3 is 16.0 Å². The Labute approximate surface area is 190 Å². The SMILES string of the molecule is NC(=O)c1c(NC(=O)CSc2nc3sc4c(c3c(=O)[nH]2)CCCC4)sc2c1CCCC2. The van der Waals surface area contributed by atoms with E-state index in [0.717, 1.165) is 72.2 Å². The van der Waals surface area contributed by atoms with Crippen LogP contribution in [0.15, 0.2) is 9.95 Å². The Morgan fingerprint density at radius 2 is 1.71 bits per heavy atom. The molecule has 2 aliphatic carbocycles. The molecule has 7 nitrogen and oxygen atoms in total. The minimum atomic E-state index is -0.500. The van der Waals surface area contributed by atoms with Gasteiger partial charge in [0.05, 0.1) is 16.7 Å². The van der Waals surface area contributed by atoms with E-state index in [9.17, 15) is 14.4 Å². The molecule has 3 aromatic heterocycles. The van der Waals surface area contributed by atoms with Gasteiger partial charge in [0.2, 0.25) is 5.91 Å². The van der Waals surface area contributed by atoms with Crippen molar-refractivity contribution < 1.29 is 9.59 Å². The first kappa shape index (κ1) is 20.7. The number of hydrogen-bond donors (Lipinski definition) is 3. The number of thioether (sulfide) groups is 1. The fraction of sp³-hybridized carbons (Fsp3) is 0.429. The minimum Gasteiger partial charge on any atom is -0.365 e. The Morgan fingerprint density at radius 1 is 1.03 bits per heavy atom. The summed E-state index contributed by atoms with van der Waals surface area (Å²) >= 11 is 4.22. The van der Waals surface area contributed by atoms with Crippen LogP contribution in [0.25, 0.3) is 10.2 Å². The molecular formula is C21H22N4O3S3. The van der Waals surface area contributed by atoms with Gasteiger partial charge >= 0.3 is 0 Å². The molecule has 0 saturated carbocycles. The summed E-state index contributed by atoms with van der Waals surface area (Å²) in [5.74, 6) is -0.667. The van der Waals surface area contributed by atoms with E-state index in [1.165, 1.54) is 28.0 Å². The van der Waals surface area contributed by atoms with Crippen LogP contribution in [0.4, 0.5) is 5.00 Å². The number of hydrogen-bond acceptors (Lipinski definition) is 7. The number of aromatic amines is 1. The number of nitrogens with one attached hydrogen (secondary N) is 2. The highest BCUT2D eigenvalue weighted by Crippen LogP contribution is 2.38. The number of aromatic nitrogens is 2. The Bertz CT molecular complexity index is 1260. The maximum atomic E-state index is 12.6. The molecular weight excluding hydrogens is 452 g/mol. The van der Waals surface area contributed by atoms with E-state index >= 15 is 0 Å². The number of H-pyrrole nitrogens is 1. The highest BCUT2D eigenvalue weighted by Gasteiger charge is 2.25. The number of carbonyl (C=O) groups is 2. The van der Waals surface area contributed by atoms with Crippen molar-refractivity contribution in [3.8, 4) is 0 Å². The van der Waals surface area contributed by atoms with E-state index in [4.69, 9.17) is 5.73 Å². The summed E-state index contributed by atoms with van der Waals surface area (Å²) in [6, 6.07) is 0. The van der Waals surface area contributed by atoms with Gasteiger partial charge in [0.1, 0.15) is 9.83 Å². The molecule has 0 fully saturated rings. The quantitative estimate of drug-likeness (QED) is 0.385. The van der Waals surface area contributed by atoms with Crippen molar-refractivity contribution in [3.63, 3.8) is 0 Å². The van der Waals surface area contributed by atoms with E-state index in [2.05, 4.69) is 15.3 Å². The zero-order valence-corrected chi connectivity index (χ0v) is 19.3. The van der Waals surface area contributed by atoms with Gasteiger partial charge in [-0.3, -0.25) is 14.4 Å². The molecule has 0 aliphatic heterocycles. The Hall–Kier alpha value is -2.17. The van der Waals surface area contributed by atoms with Crippen molar-refractivity contribution in [3.05, 3.63) is 36.8 Å². The number of aryl methyl sites for hydroxylation is 3. The molecule has 0 aromatic carbocycles. The van der Waals surface area contributed by atoms with E-state index in [0.29, 0.717) is 21.1 Å². The first-order chi connectivity index (χ1) is 15.0. The number of amides is 2. The Balaban J connectivity index is 1.32. The van der Waals surface area contributed by atoms with Gasteiger partial charge in [-0.1, -0.05) is 11.8 Å². The summed E-state index contributed by atoms with van der Waals surface area (Å²) in [6.45, 7) is 0. The lowest BCUT2D eigenvalue weighted by molar-refractivity contribution is -0.113. The number of carbonyl (C=O) groups excluding carboxylic acids is 2. The smallest absolute Gasteiger partial charge is 0.260 e. The number of nitrogens with two attached hydrogens (primary N) is 1. The standard InChI is InChI=1S/C21H22N4O3S3/c22-17(27)15-10-5-1-3-7-12(10)30-19(15)23-14(26)9-29-21-24-18(28)16-11-6-2-4-8-13(11)31-20(16)25-21/h1-9H2,(H2,22,27)(H,23,26)(H,24,25,28). The summed E-state index contributed by atoms with van der Waals surface area (Å²) in [5.41, 5.74) is 8.06. The fourth-order valence-corrected chi connectivity index (χ4v) is 7.72. The Morgan fingerprint density at radius 3 is 2.45 bits per heavy atom. The van der Waals surface area contributed by atoms with Crippen molar-refractivity contribution >= 4 is 61.5 Å². The molecule has 31 heavy (non-hydrogen) atoms. The molecule has 0 spiro atoms. The summed E-state index contributed by atoms with van der Waals surface area (Å²) in [4.78, 5) is 47.8. The highest BCUT2D eigenvalue weighted by atomic mass is 32.2. The van der Waals surface area contributed by atoms with Gasteiger partial charge in [0.25, 0.3) is 11.5 Å². The predicted octanol–water partition coefficient (Wildman–Crippen LogP) is 3.63. The van der Waals surface area contributed by atoms with Gasteiger partial charge in [-0.15, -0.1) is 22.7 Å². The zero-order chi connectivity index (χ0) is 21.5. The van der Waals surface area contributed by atoms with Crippen LogP contribution in [-0.2, 0) is 30.5 Å². The number of fused-ring (bicyclic) bond motifs is 4. The molecule has 0 bridgehead atoms. The molecule has 0 saturated heterocycles. The maximum absolute atomic E-state index is 12.6. The summed E-state index contributed by atoms with van der Waals surface area (Å²) < 4.78 is 0. The Kier molecular flexibility index (Phi) is 5.61. The van der Waals surface area contributed by atoms with Crippen LogP contribution in [0.2, 0.25) is 0 Å². The molecule has 0 radical (unpaired) electrons. The molecule has 162 valence electrons. The fourth-order valence-electron chi connectivity index (χ4n) is 4.42. The lowest BCUT2D eigenvalue weighted by atomic mass is 9.95. The van der Waals surface area contributed by atoms with Gasteiger partial charge in [-0.05, 0) is 62.5 Å². The van der Waals surface area contributed by atoms with E-state index < -0.39 is 5.91 Å². The van der Waals surface area contributed by atoms with Crippen LogP contribution < -0.4 is 16.6 Å². The predicted molar refractivity (Wildman–Crippen MR) is 126 cm³/mol. The monoisotopic (exact) mass is 474 g/mol. The second-order valence-corrected chi connectivity index (χ2v) is 11.0. The lowest BCUT2D eigenvalue weighted by Crippen LogP contribution is -2.19. The topological polar surface area (TPSA) is 118 Å². The van der Waals surface area contributed by atoms with Crippen LogP contribution in [0.5, 0.6) is 0 Å². The number of primary amides is 1. The van der Waals surface area contributed by atoms with E-state index in [1.807, 2.05) is 0 Å². The third-order valence-corrected chi connectivity index (χ3v) is 9.08. The lowest BCUT2D eigenvalue weighted by Gasteiger charge is -2.11. The summed E-state index contributed by atoms with van der Waals surface area (Å²) in [5, 5.41) is 4.54. The van der Waals surface area contributed by atoms with Gasteiger partial charge in [-0.2, -0.15) is 0 Å². The van der Waals surface area contributed by atoms with Crippen molar-refractivity contribution in [2.24, 2.45) is 5.73 Å². The van der Waals surface area contributed by atoms with Crippen molar-refractivity contribution in [1.82, 2.24) is 9.97 Å². The van der Waals surface area contributed by atoms with Crippen LogP contribution in [0.3, 0.4) is 0 Å². The summed E-state index contributed by atoms with van der Waals surface area (Å²) in [7, 11) is 0. The van der Waals surface area contributed by atoms with Crippen LogP contribution in [0, 0.1) is 0 Å². The molecule has 4 N–H and O–H groups in total. The van der Waals surface area contributed by atoms with Crippen LogP contribution in [-0.4, -0.2) is 27.5 Å². The molecule has 10 heteroatoms. The zero-order valence-electron chi connectivity index (χ0n) is 16.8. The summed E-state index contributed by atoms with van der Waals surface area (Å²) in [6.07, 6.45) is 8.05. The first-order valence-corrected chi connectivity index (χ1v) is 13.0. The van der Waals surface area contributed by atoms with Crippen molar-refractivity contribution in [1.29, 1.82) is 0 Å². The number of rotatable bonds is 5. The first-order valence-electron chi connectivity index (χ1n) is 10.4. The number of nitrogens with zero attached hydrogens (tertiary/aromatic N) is 1. The average molecular weight is 475 g/mol. The normalized spacial score (nSPS) is 15.5. The van der Waals surface area contributed by atoms with E-state index in [-0.39, 0.29) is 17.2 Å². The second kappa shape index (κ2) is 8.40. The van der Waals surface area contributed by atoms with Crippen LogP contribution >= 0.6 is 34.4 Å². The van der Waals surface area contributed by atoms with Crippen molar-refractivity contribution in [2.45, 2.75) is 56.5 Å². The molecule has 3 heterocycles. The molecule has 5 rings (SSSR count). The largest absolute Gasteiger partial charge is 0.365 e. The van der Waals surface area contributed by atoms with E-state index in [1.54, 1.807) is 11.3 Å². The maximum Gasteiger partial charge on any atom is 0.260 e. The third kappa shape index (κ3) is 3.92. The van der Waals surface area contributed by atoms with Crippen molar-refractivity contribution in [2.75, 3.05) is 11.1 Å². The van der Waals surface area contributed by atoms with Crippen LogP contribution in [0.1, 0.15) is 56.9 Å². The number of thiophene rings is 2. The van der Waals surface area contributed by atoms with Gasteiger partial charge in [-0.25, -0.2) is 4.98 Å². The molecule has 2 aliphatic rings. The molecule has 3 aromatic rings.